The molecule has 0 fully saturated rings. The van der Waals surface area contributed by atoms with Crippen LogP contribution in [0.2, 0.25) is 0 Å². The topological polar surface area (TPSA) is 51.8 Å². The SMILES string of the molecule is Cc1ccc(-c2[c-]ccc3c2oc2c3ccc3ccc(CC(C)(C)C)nc32)nc1.Cc1cnc(-c2[c-]cc(C)c(-c3ccc(CC(C)(C)C)cc3)c2)cc1C.[Ir]. The van der Waals surface area contributed by atoms with Gasteiger partial charge in [-0.3, -0.25) is 0 Å². The Labute approximate surface area is 346 Å². The number of benzene rings is 4. The maximum atomic E-state index is 6.43. The Hall–Kier alpha value is -4.96. The van der Waals surface area contributed by atoms with Crippen LogP contribution in [0.1, 0.15) is 75.1 Å². The summed E-state index contributed by atoms with van der Waals surface area (Å²) in [4.78, 5) is 14.2. The van der Waals surface area contributed by atoms with E-state index in [4.69, 9.17) is 9.40 Å². The van der Waals surface area contributed by atoms with Gasteiger partial charge in [0.15, 0.2) is 0 Å². The van der Waals surface area contributed by atoms with Crippen LogP contribution in [-0.4, -0.2) is 15.0 Å². The minimum atomic E-state index is 0. The molecule has 0 amide bonds. The molecule has 0 aliphatic carbocycles. The second-order valence-corrected chi connectivity index (χ2v) is 17.5. The fourth-order valence-corrected chi connectivity index (χ4v) is 7.08. The van der Waals surface area contributed by atoms with Gasteiger partial charge in [-0.2, -0.15) is 0 Å². The summed E-state index contributed by atoms with van der Waals surface area (Å²) in [6.07, 6.45) is 5.83. The standard InChI is InChI=1S/C26H23N2O.C25H28N.Ir/c1-16-8-13-22(27-15-16)21-7-5-6-19-20-12-10-17-9-11-18(14-26(2,3)4)28-23(17)25(20)29-24(19)21;1-17-7-10-22(24-13-18(2)19(3)16-26-24)14-23(17)21-11-8-20(9-12-21)15-25(4,5)6;/h5-6,8-13,15H,14H2,1-4H3;7-9,11-14,16H,15H2,1-6H3;/q2*-1;. The van der Waals surface area contributed by atoms with Gasteiger partial charge < -0.3 is 14.4 Å². The number of fused-ring (bicyclic) bond motifs is 5. The van der Waals surface area contributed by atoms with Crippen LogP contribution in [0.15, 0.2) is 108 Å². The molecular weight excluding hydrogens is 863 g/mol. The van der Waals surface area contributed by atoms with Gasteiger partial charge in [-0.25, -0.2) is 4.98 Å². The van der Waals surface area contributed by atoms with E-state index in [9.17, 15) is 0 Å². The second-order valence-electron chi connectivity index (χ2n) is 17.5. The quantitative estimate of drug-likeness (QED) is 0.161. The normalized spacial score (nSPS) is 11.8. The van der Waals surface area contributed by atoms with Gasteiger partial charge in [-0.05, 0) is 84.2 Å². The van der Waals surface area contributed by atoms with Crippen LogP contribution in [0.5, 0.6) is 0 Å². The van der Waals surface area contributed by atoms with Gasteiger partial charge >= 0.3 is 0 Å². The van der Waals surface area contributed by atoms with Crippen LogP contribution in [0.4, 0.5) is 0 Å². The Balaban J connectivity index is 0.000000188. The molecule has 4 aromatic carbocycles. The molecule has 0 saturated carbocycles. The number of hydrogen-bond donors (Lipinski definition) is 0. The Kier molecular flexibility index (Phi) is 11.8. The van der Waals surface area contributed by atoms with Crippen LogP contribution < -0.4 is 0 Å². The summed E-state index contributed by atoms with van der Waals surface area (Å²) < 4.78 is 6.43. The molecule has 4 nitrogen and oxygen atoms in total. The average molecular weight is 914 g/mol. The molecule has 0 aliphatic heterocycles. The third-order valence-corrected chi connectivity index (χ3v) is 10.0. The number of pyridine rings is 3. The second kappa shape index (κ2) is 16.3. The van der Waals surface area contributed by atoms with Crippen molar-refractivity contribution < 1.29 is 24.5 Å². The predicted octanol–water partition coefficient (Wildman–Crippen LogP) is 13.6. The van der Waals surface area contributed by atoms with Gasteiger partial charge in [0.2, 0.25) is 0 Å². The molecule has 56 heavy (non-hydrogen) atoms. The first-order valence-corrected chi connectivity index (χ1v) is 19.3. The van der Waals surface area contributed by atoms with Crippen molar-refractivity contribution in [3.63, 3.8) is 0 Å². The molecule has 8 rings (SSSR count). The summed E-state index contributed by atoms with van der Waals surface area (Å²) in [6.45, 7) is 21.9. The minimum absolute atomic E-state index is 0. The van der Waals surface area contributed by atoms with E-state index in [0.717, 1.165) is 79.5 Å². The van der Waals surface area contributed by atoms with E-state index in [1.807, 2.05) is 31.5 Å². The number of aromatic nitrogens is 3. The zero-order valence-electron chi connectivity index (χ0n) is 34.3. The first-order valence-electron chi connectivity index (χ1n) is 19.3. The Morgan fingerprint density at radius 2 is 1.32 bits per heavy atom. The van der Waals surface area contributed by atoms with E-state index < -0.39 is 0 Å². The molecule has 4 heterocycles. The predicted molar refractivity (Wildman–Crippen MR) is 230 cm³/mol. The molecule has 1 radical (unpaired) electrons. The van der Waals surface area contributed by atoms with Crippen molar-refractivity contribution in [1.82, 2.24) is 15.0 Å². The van der Waals surface area contributed by atoms with E-state index >= 15 is 0 Å². The van der Waals surface area contributed by atoms with Crippen molar-refractivity contribution >= 4 is 32.8 Å². The van der Waals surface area contributed by atoms with Crippen LogP contribution >= 0.6 is 0 Å². The zero-order valence-corrected chi connectivity index (χ0v) is 36.7. The van der Waals surface area contributed by atoms with Crippen molar-refractivity contribution in [2.24, 2.45) is 10.8 Å². The molecule has 0 saturated heterocycles. The third-order valence-electron chi connectivity index (χ3n) is 10.0. The van der Waals surface area contributed by atoms with E-state index in [2.05, 4.69) is 163 Å². The molecule has 5 heteroatoms. The molecule has 287 valence electrons. The maximum absolute atomic E-state index is 6.43. The molecule has 4 aromatic heterocycles. The van der Waals surface area contributed by atoms with E-state index in [0.29, 0.717) is 5.41 Å². The summed E-state index contributed by atoms with van der Waals surface area (Å²) in [6, 6.07) is 38.7. The maximum Gasteiger partial charge on any atom is 0.147 e. The van der Waals surface area contributed by atoms with Crippen LogP contribution in [0, 0.1) is 50.7 Å². The fourth-order valence-electron chi connectivity index (χ4n) is 7.08. The average Bonchev–Trinajstić information content (AvgIpc) is 3.52. The van der Waals surface area contributed by atoms with Crippen molar-refractivity contribution in [3.05, 3.63) is 149 Å². The van der Waals surface area contributed by atoms with Crippen molar-refractivity contribution in [3.8, 4) is 33.6 Å². The van der Waals surface area contributed by atoms with E-state index in [1.54, 1.807) is 0 Å². The first-order chi connectivity index (χ1) is 26.1. The number of aryl methyl sites for hydroxylation is 4. The third kappa shape index (κ3) is 9.18. The smallest absolute Gasteiger partial charge is 0.147 e. The number of furan rings is 1. The van der Waals surface area contributed by atoms with Crippen LogP contribution in [-0.2, 0) is 32.9 Å². The van der Waals surface area contributed by atoms with Gasteiger partial charge in [-0.15, -0.1) is 47.5 Å². The molecule has 8 aromatic rings. The first kappa shape index (κ1) is 40.7. The minimum Gasteiger partial charge on any atom is -0.498 e. The molecule has 0 bridgehead atoms. The van der Waals surface area contributed by atoms with Crippen LogP contribution in [0.25, 0.3) is 66.5 Å². The Bertz CT molecular complexity index is 2640. The number of hydrogen-bond acceptors (Lipinski definition) is 4. The fraction of sp³-hybridized carbons (Fsp3) is 0.275. The van der Waals surface area contributed by atoms with Crippen molar-refractivity contribution in [2.75, 3.05) is 0 Å². The summed E-state index contributed by atoms with van der Waals surface area (Å²) >= 11 is 0. The molecular formula is C51H51IrN3O-2. The number of nitrogens with zero attached hydrogens (tertiary/aromatic N) is 3. The molecule has 0 unspecified atom stereocenters. The molecule has 0 atom stereocenters. The molecule has 0 spiro atoms. The zero-order chi connectivity index (χ0) is 39.1. The number of rotatable bonds is 5. The summed E-state index contributed by atoms with van der Waals surface area (Å²) in [5.41, 5.74) is 16.7. The largest absolute Gasteiger partial charge is 0.498 e. The summed E-state index contributed by atoms with van der Waals surface area (Å²) in [5.74, 6) is 0. The molecule has 0 N–H and O–H groups in total. The summed E-state index contributed by atoms with van der Waals surface area (Å²) in [5, 5.41) is 3.24. The van der Waals surface area contributed by atoms with Gasteiger partial charge in [0.1, 0.15) is 11.1 Å². The van der Waals surface area contributed by atoms with E-state index in [1.165, 1.54) is 33.4 Å². The van der Waals surface area contributed by atoms with E-state index in [-0.39, 0.29) is 25.5 Å². The van der Waals surface area contributed by atoms with Crippen molar-refractivity contribution in [2.45, 2.75) is 82.1 Å². The Morgan fingerprint density at radius 3 is 2.00 bits per heavy atom. The summed E-state index contributed by atoms with van der Waals surface area (Å²) in [7, 11) is 0. The molecule has 0 aliphatic rings. The van der Waals surface area contributed by atoms with Gasteiger partial charge in [-0.1, -0.05) is 131 Å². The van der Waals surface area contributed by atoms with Gasteiger partial charge in [0.25, 0.3) is 0 Å². The van der Waals surface area contributed by atoms with Crippen molar-refractivity contribution in [1.29, 1.82) is 0 Å². The monoisotopic (exact) mass is 914 g/mol. The van der Waals surface area contributed by atoms with Gasteiger partial charge in [0, 0.05) is 49.0 Å². The van der Waals surface area contributed by atoms with Gasteiger partial charge in [0.05, 0.1) is 5.58 Å². The van der Waals surface area contributed by atoms with Crippen LogP contribution in [0.3, 0.4) is 0 Å². The Morgan fingerprint density at radius 1 is 0.625 bits per heavy atom.